The van der Waals surface area contributed by atoms with Crippen LogP contribution in [0.5, 0.6) is 11.8 Å². The Hall–Kier alpha value is -3.22. The molecule has 1 heterocycles. The molecular formula is C23H18Br2N6O. The highest BCUT2D eigenvalue weighted by Gasteiger charge is 2.11. The van der Waals surface area contributed by atoms with Crippen LogP contribution in [0.25, 0.3) is 10.8 Å². The average Bonchev–Trinajstić information content (AvgIpc) is 2.78. The van der Waals surface area contributed by atoms with Crippen LogP contribution in [0.15, 0.2) is 63.5 Å². The minimum absolute atomic E-state index is 0.169. The summed E-state index contributed by atoms with van der Waals surface area (Å²) in [7, 11) is 0. The standard InChI is InChI=1S/C23H18Br2N6O/c1-2-9-27-21-29-22(28-17-6-3-14(13-26)4-7-17)31-23(30-21)32-18-8-5-15-10-16(24)11-20(25)19(15)12-18/h3-8,10-12H,2,9H2,1H3,(H2,27,28,29,30,31). The van der Waals surface area contributed by atoms with Gasteiger partial charge in [-0.2, -0.15) is 20.2 Å². The first-order chi connectivity index (χ1) is 15.5. The minimum atomic E-state index is 0.169. The Labute approximate surface area is 202 Å². The van der Waals surface area contributed by atoms with Gasteiger partial charge < -0.3 is 15.4 Å². The van der Waals surface area contributed by atoms with E-state index < -0.39 is 0 Å². The molecule has 1 aromatic heterocycles. The number of ether oxygens (including phenoxy) is 1. The quantitative estimate of drug-likeness (QED) is 0.260. The number of halogens is 2. The normalized spacial score (nSPS) is 10.6. The molecule has 0 bridgehead atoms. The van der Waals surface area contributed by atoms with E-state index in [1.165, 1.54) is 0 Å². The molecule has 4 aromatic rings. The Morgan fingerprint density at radius 3 is 2.50 bits per heavy atom. The second-order valence-corrected chi connectivity index (χ2v) is 8.65. The van der Waals surface area contributed by atoms with Crippen LogP contribution in [0.4, 0.5) is 17.6 Å². The summed E-state index contributed by atoms with van der Waals surface area (Å²) in [5.74, 6) is 1.36. The fourth-order valence-corrected chi connectivity index (χ4v) is 4.33. The van der Waals surface area contributed by atoms with Gasteiger partial charge in [0.15, 0.2) is 0 Å². The predicted octanol–water partition coefficient (Wildman–Crippen LogP) is 6.78. The lowest BCUT2D eigenvalue weighted by atomic mass is 10.1. The molecular weight excluding hydrogens is 536 g/mol. The first-order valence-electron chi connectivity index (χ1n) is 9.88. The van der Waals surface area contributed by atoms with E-state index >= 15 is 0 Å². The van der Waals surface area contributed by atoms with E-state index in [1.807, 2.05) is 30.3 Å². The lowest BCUT2D eigenvalue weighted by Crippen LogP contribution is -2.08. The zero-order valence-electron chi connectivity index (χ0n) is 17.1. The number of rotatable bonds is 7. The van der Waals surface area contributed by atoms with Crippen molar-refractivity contribution in [3.05, 3.63) is 69.1 Å². The second kappa shape index (κ2) is 9.94. The zero-order valence-corrected chi connectivity index (χ0v) is 20.2. The van der Waals surface area contributed by atoms with Crippen LogP contribution in [0.1, 0.15) is 18.9 Å². The van der Waals surface area contributed by atoms with E-state index in [2.05, 4.69) is 70.4 Å². The van der Waals surface area contributed by atoms with Crippen molar-refractivity contribution in [2.24, 2.45) is 0 Å². The highest BCUT2D eigenvalue weighted by atomic mass is 79.9. The largest absolute Gasteiger partial charge is 0.424 e. The molecule has 4 rings (SSSR count). The molecule has 9 heteroatoms. The number of aromatic nitrogens is 3. The molecule has 0 aliphatic rings. The Kier molecular flexibility index (Phi) is 6.83. The molecule has 0 atom stereocenters. The molecule has 0 unspecified atom stereocenters. The van der Waals surface area contributed by atoms with Crippen molar-refractivity contribution in [1.29, 1.82) is 5.26 Å². The van der Waals surface area contributed by atoms with Gasteiger partial charge in [-0.25, -0.2) is 0 Å². The van der Waals surface area contributed by atoms with Crippen molar-refractivity contribution in [2.75, 3.05) is 17.2 Å². The van der Waals surface area contributed by atoms with Crippen molar-refractivity contribution in [1.82, 2.24) is 15.0 Å². The summed E-state index contributed by atoms with van der Waals surface area (Å²) < 4.78 is 7.94. The second-order valence-electron chi connectivity index (χ2n) is 6.88. The van der Waals surface area contributed by atoms with Crippen LogP contribution in [-0.2, 0) is 0 Å². The van der Waals surface area contributed by atoms with Gasteiger partial charge in [0.05, 0.1) is 11.6 Å². The number of fused-ring (bicyclic) bond motifs is 1. The summed E-state index contributed by atoms with van der Waals surface area (Å²) in [5, 5.41) is 17.4. The summed E-state index contributed by atoms with van der Waals surface area (Å²) in [5.41, 5.74) is 1.33. The van der Waals surface area contributed by atoms with Gasteiger partial charge in [-0.05, 0) is 65.7 Å². The molecule has 0 radical (unpaired) electrons. The molecule has 3 aromatic carbocycles. The van der Waals surface area contributed by atoms with Gasteiger partial charge in [0.2, 0.25) is 11.9 Å². The number of benzene rings is 3. The first-order valence-corrected chi connectivity index (χ1v) is 11.5. The summed E-state index contributed by atoms with van der Waals surface area (Å²) in [6, 6.07) is 19.1. The fraction of sp³-hybridized carbons (Fsp3) is 0.130. The molecule has 2 N–H and O–H groups in total. The minimum Gasteiger partial charge on any atom is -0.424 e. The number of nitriles is 1. The van der Waals surface area contributed by atoms with Gasteiger partial charge in [-0.15, -0.1) is 0 Å². The van der Waals surface area contributed by atoms with Crippen LogP contribution in [0, 0.1) is 11.3 Å². The lowest BCUT2D eigenvalue weighted by molar-refractivity contribution is 0.442. The Balaban J connectivity index is 1.64. The average molecular weight is 554 g/mol. The van der Waals surface area contributed by atoms with E-state index in [-0.39, 0.29) is 6.01 Å². The molecule has 0 saturated heterocycles. The summed E-state index contributed by atoms with van der Waals surface area (Å²) in [4.78, 5) is 13.2. The third-order valence-corrected chi connectivity index (χ3v) is 5.58. The third-order valence-electron chi connectivity index (χ3n) is 4.47. The van der Waals surface area contributed by atoms with E-state index in [4.69, 9.17) is 10.00 Å². The van der Waals surface area contributed by atoms with Gasteiger partial charge in [-0.1, -0.05) is 44.8 Å². The number of hydrogen-bond donors (Lipinski definition) is 2. The van der Waals surface area contributed by atoms with Crippen molar-refractivity contribution in [3.8, 4) is 17.8 Å². The summed E-state index contributed by atoms with van der Waals surface area (Å²) in [6.45, 7) is 2.78. The molecule has 0 saturated carbocycles. The van der Waals surface area contributed by atoms with Crippen LogP contribution in [-0.4, -0.2) is 21.5 Å². The third kappa shape index (κ3) is 5.33. The topological polar surface area (TPSA) is 95.8 Å². The van der Waals surface area contributed by atoms with Gasteiger partial charge >= 0.3 is 6.01 Å². The van der Waals surface area contributed by atoms with E-state index in [9.17, 15) is 0 Å². The smallest absolute Gasteiger partial charge is 0.328 e. The molecule has 0 spiro atoms. The Morgan fingerprint density at radius 1 is 0.969 bits per heavy atom. The van der Waals surface area contributed by atoms with E-state index in [0.29, 0.717) is 23.2 Å². The zero-order chi connectivity index (χ0) is 22.5. The molecule has 7 nitrogen and oxygen atoms in total. The molecule has 0 aliphatic carbocycles. The molecule has 0 aliphatic heterocycles. The maximum absolute atomic E-state index is 8.98. The fourth-order valence-electron chi connectivity index (χ4n) is 2.96. The molecule has 160 valence electrons. The highest BCUT2D eigenvalue weighted by Crippen LogP contribution is 2.32. The van der Waals surface area contributed by atoms with Crippen molar-refractivity contribution in [2.45, 2.75) is 13.3 Å². The maximum atomic E-state index is 8.98. The molecule has 32 heavy (non-hydrogen) atoms. The van der Waals surface area contributed by atoms with Crippen LogP contribution < -0.4 is 15.4 Å². The molecule has 0 amide bonds. The summed E-state index contributed by atoms with van der Waals surface area (Å²) in [6.07, 6.45) is 0.925. The van der Waals surface area contributed by atoms with Crippen LogP contribution >= 0.6 is 31.9 Å². The van der Waals surface area contributed by atoms with Crippen molar-refractivity contribution >= 4 is 60.2 Å². The van der Waals surface area contributed by atoms with E-state index in [0.717, 1.165) is 38.4 Å². The van der Waals surface area contributed by atoms with Crippen molar-refractivity contribution < 1.29 is 4.74 Å². The SMILES string of the molecule is CCCNc1nc(Nc2ccc(C#N)cc2)nc(Oc2ccc3cc(Br)cc(Br)c3c2)n1. The van der Waals surface area contributed by atoms with Crippen molar-refractivity contribution in [3.63, 3.8) is 0 Å². The maximum Gasteiger partial charge on any atom is 0.328 e. The number of nitrogens with zero attached hydrogens (tertiary/aromatic N) is 4. The van der Waals surface area contributed by atoms with Crippen LogP contribution in [0.3, 0.4) is 0 Å². The number of nitrogens with one attached hydrogen (secondary N) is 2. The van der Waals surface area contributed by atoms with Crippen LogP contribution in [0.2, 0.25) is 0 Å². The summed E-state index contributed by atoms with van der Waals surface area (Å²) >= 11 is 7.11. The lowest BCUT2D eigenvalue weighted by Gasteiger charge is -2.11. The highest BCUT2D eigenvalue weighted by molar-refractivity contribution is 9.11. The van der Waals surface area contributed by atoms with Gasteiger partial charge in [0, 0.05) is 21.2 Å². The Morgan fingerprint density at radius 2 is 1.75 bits per heavy atom. The number of hydrogen-bond acceptors (Lipinski definition) is 7. The molecule has 0 fully saturated rings. The van der Waals surface area contributed by atoms with Gasteiger partial charge in [0.25, 0.3) is 0 Å². The first kappa shape index (κ1) is 22.0. The van der Waals surface area contributed by atoms with Gasteiger partial charge in [-0.3, -0.25) is 0 Å². The predicted molar refractivity (Wildman–Crippen MR) is 132 cm³/mol. The van der Waals surface area contributed by atoms with Gasteiger partial charge in [0.1, 0.15) is 5.75 Å². The Bertz CT molecular complexity index is 1300. The monoisotopic (exact) mass is 552 g/mol. The van der Waals surface area contributed by atoms with E-state index in [1.54, 1.807) is 24.3 Å². The number of anilines is 3.